The molecule has 482 valence electrons. The molecule has 0 spiro atoms. The molecule has 8 aliphatic heterocycles. The summed E-state index contributed by atoms with van der Waals surface area (Å²) in [5, 5.41) is 13.9. The second kappa shape index (κ2) is 30.1. The monoisotopic (exact) mass is 1240 g/mol. The standard InChI is InChI=1S/C57H81N13O18/c1-87-56(85)40-24-49(78)63(32-40)10-3-4-42(71)34-18-43(72)64(26-34)11-5-58-51(80)35-19-44(73)66(27-35)13-7-60-54(83)38-22-47(76)69(30-38)16-17-70-31-39(23-48(70)77)55(84)61-8-14-67-28-36(20-45(67)74)52(81)59-6-12-65-29-37(21-46(65)75)53(82)62-9-15-68-33-41(25-50(68)79)57(86)88-2/h34-41H,3-33H2,1-2H3,(H,58,80)(H,59,81)(H,60,83)(H,61,84)(H,62,82). The number of Topliss-reactive ketones (excluding diaryl/α,β-unsaturated/α-hetero) is 1. The van der Waals surface area contributed by atoms with Crippen molar-refractivity contribution in [3.8, 4) is 0 Å². The minimum atomic E-state index is -0.672. The number of carbonyl (C=O) groups excluding carboxylic acids is 16. The number of methoxy groups -OCH3 is 2. The third kappa shape index (κ3) is 16.9. The zero-order valence-corrected chi connectivity index (χ0v) is 50.0. The number of ether oxygens (including phenoxy) is 2. The maximum Gasteiger partial charge on any atom is 0.310 e. The molecule has 0 saturated carbocycles. The molecule has 0 aliphatic carbocycles. The normalized spacial score (nSPS) is 25.5. The smallest absolute Gasteiger partial charge is 0.310 e. The molecular weight excluding hydrogens is 1150 g/mol. The first-order valence-electron chi connectivity index (χ1n) is 30.4. The van der Waals surface area contributed by atoms with E-state index in [0.717, 1.165) is 0 Å². The highest BCUT2D eigenvalue weighted by Crippen LogP contribution is 2.26. The van der Waals surface area contributed by atoms with Crippen molar-refractivity contribution in [2.24, 2.45) is 47.3 Å². The van der Waals surface area contributed by atoms with Gasteiger partial charge in [-0.3, -0.25) is 76.7 Å². The molecule has 8 rings (SSSR count). The maximum atomic E-state index is 13.2. The van der Waals surface area contributed by atoms with Gasteiger partial charge in [-0.2, -0.15) is 0 Å². The summed E-state index contributed by atoms with van der Waals surface area (Å²) in [5.74, 6) is -9.57. The van der Waals surface area contributed by atoms with Crippen molar-refractivity contribution in [2.75, 3.05) is 152 Å². The molecule has 8 heterocycles. The van der Waals surface area contributed by atoms with E-state index < -0.39 is 59.3 Å². The van der Waals surface area contributed by atoms with Crippen molar-refractivity contribution in [3.63, 3.8) is 0 Å². The molecule has 13 amide bonds. The van der Waals surface area contributed by atoms with Crippen LogP contribution in [0.2, 0.25) is 0 Å². The highest BCUT2D eigenvalue weighted by Gasteiger charge is 2.42. The molecule has 0 aromatic rings. The highest BCUT2D eigenvalue weighted by atomic mass is 16.5. The first-order chi connectivity index (χ1) is 42.1. The van der Waals surface area contributed by atoms with E-state index in [2.05, 4.69) is 26.6 Å². The van der Waals surface area contributed by atoms with Gasteiger partial charge in [0, 0.05) is 201 Å². The Morgan fingerprint density at radius 1 is 0.307 bits per heavy atom. The zero-order chi connectivity index (χ0) is 63.3. The predicted octanol–water partition coefficient (Wildman–Crippen LogP) is -5.95. The molecule has 8 unspecified atom stereocenters. The van der Waals surface area contributed by atoms with E-state index >= 15 is 0 Å². The second-order valence-electron chi connectivity index (χ2n) is 24.0. The summed E-state index contributed by atoms with van der Waals surface area (Å²) in [6.07, 6.45) is 0.582. The van der Waals surface area contributed by atoms with E-state index in [1.165, 1.54) is 48.5 Å². The van der Waals surface area contributed by atoms with Crippen LogP contribution in [-0.2, 0) is 86.2 Å². The summed E-state index contributed by atoms with van der Waals surface area (Å²) < 4.78 is 9.45. The van der Waals surface area contributed by atoms with Crippen LogP contribution in [0.5, 0.6) is 0 Å². The lowest BCUT2D eigenvalue weighted by molar-refractivity contribution is -0.145. The van der Waals surface area contributed by atoms with Crippen LogP contribution in [0.3, 0.4) is 0 Å². The lowest BCUT2D eigenvalue weighted by atomic mass is 9.99. The fourth-order valence-electron chi connectivity index (χ4n) is 12.8. The molecule has 8 saturated heterocycles. The number of carbonyl (C=O) groups is 16. The molecule has 8 atom stereocenters. The summed E-state index contributed by atoms with van der Waals surface area (Å²) in [6.45, 7) is 3.27. The number of esters is 2. The third-order valence-corrected chi connectivity index (χ3v) is 18.0. The van der Waals surface area contributed by atoms with Crippen LogP contribution in [0.25, 0.3) is 0 Å². The van der Waals surface area contributed by atoms with Gasteiger partial charge >= 0.3 is 11.9 Å². The number of rotatable bonds is 30. The number of hydrogen-bond donors (Lipinski definition) is 5. The van der Waals surface area contributed by atoms with Crippen LogP contribution < -0.4 is 26.6 Å². The van der Waals surface area contributed by atoms with Gasteiger partial charge in [0.05, 0.1) is 55.6 Å². The fourth-order valence-corrected chi connectivity index (χ4v) is 12.8. The van der Waals surface area contributed by atoms with Crippen molar-refractivity contribution in [3.05, 3.63) is 0 Å². The molecule has 88 heavy (non-hydrogen) atoms. The average molecular weight is 1240 g/mol. The van der Waals surface area contributed by atoms with Gasteiger partial charge in [0.1, 0.15) is 5.78 Å². The number of amides is 13. The maximum absolute atomic E-state index is 13.2. The zero-order valence-electron chi connectivity index (χ0n) is 50.0. The Hall–Kier alpha value is -8.28. The Morgan fingerprint density at radius 2 is 0.511 bits per heavy atom. The van der Waals surface area contributed by atoms with E-state index in [9.17, 15) is 76.7 Å². The van der Waals surface area contributed by atoms with Gasteiger partial charge in [-0.1, -0.05) is 0 Å². The van der Waals surface area contributed by atoms with E-state index in [1.807, 2.05) is 0 Å². The molecule has 31 heteroatoms. The summed E-state index contributed by atoms with van der Waals surface area (Å²) >= 11 is 0. The van der Waals surface area contributed by atoms with E-state index in [-0.39, 0.29) is 271 Å². The van der Waals surface area contributed by atoms with Crippen LogP contribution in [-0.4, -0.2) is 285 Å². The number of ketones is 1. The third-order valence-electron chi connectivity index (χ3n) is 18.0. The van der Waals surface area contributed by atoms with Crippen LogP contribution >= 0.6 is 0 Å². The molecule has 0 bridgehead atoms. The van der Waals surface area contributed by atoms with E-state index in [0.29, 0.717) is 13.0 Å². The number of likely N-dealkylation sites (tertiary alicyclic amines) is 8. The Morgan fingerprint density at radius 3 is 0.773 bits per heavy atom. The molecular formula is C57H81N13O18. The molecule has 31 nitrogen and oxygen atoms in total. The molecule has 0 radical (unpaired) electrons. The average Bonchev–Trinajstić information content (AvgIpc) is 4.56. The summed E-state index contributed by atoms with van der Waals surface area (Å²) in [4.78, 5) is 215. The number of nitrogens with zero attached hydrogens (tertiary/aromatic N) is 8. The van der Waals surface area contributed by atoms with Gasteiger partial charge in [-0.25, -0.2) is 0 Å². The molecule has 0 aromatic heterocycles. The summed E-state index contributed by atoms with van der Waals surface area (Å²) in [7, 11) is 2.53. The molecule has 0 aromatic carbocycles. The molecule has 8 aliphatic rings. The minimum Gasteiger partial charge on any atom is -0.469 e. The SMILES string of the molecule is COC(=O)C1CC(=O)N(CCCC(=O)C2CC(=O)N(CCNC(=O)C3CC(=O)N(CCNC(=O)C4CC(=O)N(CCN5CC(C(=O)NCCN6CC(C(=O)NCCN7CC(C(=O)NCCN8CC(C(=O)OC)CC8=O)CC7=O)CC6=O)CC5=O)C4)C3)C2)C1. The predicted molar refractivity (Wildman–Crippen MR) is 301 cm³/mol. The number of hydrogen-bond acceptors (Lipinski definition) is 18. The van der Waals surface area contributed by atoms with E-state index in [1.54, 1.807) is 4.90 Å². The molecule has 8 fully saturated rings. The van der Waals surface area contributed by atoms with E-state index in [4.69, 9.17) is 9.47 Å². The van der Waals surface area contributed by atoms with Crippen molar-refractivity contribution in [1.82, 2.24) is 65.8 Å². The van der Waals surface area contributed by atoms with Gasteiger partial charge in [0.2, 0.25) is 76.8 Å². The Kier molecular flexibility index (Phi) is 22.5. The van der Waals surface area contributed by atoms with Crippen LogP contribution in [0.4, 0.5) is 0 Å². The van der Waals surface area contributed by atoms with Crippen molar-refractivity contribution in [2.45, 2.75) is 64.2 Å². The van der Waals surface area contributed by atoms with Gasteiger partial charge in [0.15, 0.2) is 0 Å². The lowest BCUT2D eigenvalue weighted by Crippen LogP contribution is -2.41. The Labute approximate surface area is 508 Å². The minimum absolute atomic E-state index is 0.00795. The number of nitrogens with one attached hydrogen (secondary N) is 5. The van der Waals surface area contributed by atoms with Gasteiger partial charge in [-0.15, -0.1) is 0 Å². The van der Waals surface area contributed by atoms with Gasteiger partial charge in [0.25, 0.3) is 0 Å². The largest absolute Gasteiger partial charge is 0.469 e. The van der Waals surface area contributed by atoms with Crippen molar-refractivity contribution >= 4 is 94.5 Å². The topological polar surface area (TPSA) is 378 Å². The van der Waals surface area contributed by atoms with Crippen LogP contribution in [0.15, 0.2) is 0 Å². The lowest BCUT2D eigenvalue weighted by Gasteiger charge is -2.22. The van der Waals surface area contributed by atoms with Gasteiger partial charge in [-0.05, 0) is 6.42 Å². The van der Waals surface area contributed by atoms with Crippen LogP contribution in [0.1, 0.15) is 64.2 Å². The van der Waals surface area contributed by atoms with Gasteiger partial charge < -0.3 is 75.3 Å². The Bertz CT molecular complexity index is 2600. The first kappa shape index (κ1) is 65.7. The molecule has 5 N–H and O–H groups in total. The quantitative estimate of drug-likeness (QED) is 0.0418. The summed E-state index contributed by atoms with van der Waals surface area (Å²) in [6, 6.07) is 0. The van der Waals surface area contributed by atoms with Crippen molar-refractivity contribution in [1.29, 1.82) is 0 Å². The fraction of sp³-hybridized carbons (Fsp3) is 0.719. The highest BCUT2D eigenvalue weighted by molar-refractivity contribution is 5.94. The van der Waals surface area contributed by atoms with Crippen molar-refractivity contribution < 1.29 is 86.2 Å². The summed E-state index contributed by atoms with van der Waals surface area (Å²) in [5.41, 5.74) is 0. The Balaban J connectivity index is 0.638. The van der Waals surface area contributed by atoms with Crippen LogP contribution in [0, 0.1) is 47.3 Å². The first-order valence-corrected chi connectivity index (χ1v) is 30.4. The second-order valence-corrected chi connectivity index (χ2v) is 24.0.